The van der Waals surface area contributed by atoms with Gasteiger partial charge in [0.1, 0.15) is 0 Å². The van der Waals surface area contributed by atoms with E-state index in [0.717, 1.165) is 0 Å². The third kappa shape index (κ3) is 3.36. The maximum atomic E-state index is 10.6. The van der Waals surface area contributed by atoms with Crippen molar-refractivity contribution in [2.75, 3.05) is 0 Å². The Hall–Kier alpha value is -0.831. The first-order valence-electron chi connectivity index (χ1n) is 1.24. The van der Waals surface area contributed by atoms with Crippen LogP contribution in [0.1, 0.15) is 0 Å². The molecule has 0 radical (unpaired) electrons. The number of carboxylic acid groups (broad SMARTS) is 1. The standard InChI is InChI=1S/C2HF3O2.He/c3-2(4,5)1(6)7;/h(H,6,7);. The summed E-state index contributed by atoms with van der Waals surface area (Å²) in [4.78, 5) is 8.90. The predicted octanol–water partition coefficient (Wildman–Crippen LogP) is 0.633. The Bertz CT molecular complexity index is 87.8. The van der Waals surface area contributed by atoms with Crippen molar-refractivity contribution in [2.45, 2.75) is 6.18 Å². The van der Waals surface area contributed by atoms with E-state index in [1.54, 1.807) is 0 Å². The molecule has 0 aliphatic rings. The Kier molecular flexibility index (Phi) is 3.15. The molecule has 1 N–H and O–H groups in total. The smallest absolute Gasteiger partial charge is 0.475 e. The number of alkyl halides is 3. The van der Waals surface area contributed by atoms with Crippen molar-refractivity contribution in [1.82, 2.24) is 0 Å². The average molecular weight is 118 g/mol. The Balaban J connectivity index is 0. The van der Waals surface area contributed by atoms with Gasteiger partial charge >= 0.3 is 12.1 Å². The average Bonchev–Trinajstić information content (AvgIpc) is 1.31. The zero-order valence-electron chi connectivity index (χ0n) is 3.70. The van der Waals surface area contributed by atoms with Gasteiger partial charge in [-0.1, -0.05) is 0 Å². The molecule has 0 amide bonds. The van der Waals surface area contributed by atoms with E-state index in [4.69, 9.17) is 9.90 Å². The van der Waals surface area contributed by atoms with E-state index < -0.39 is 12.1 Å². The third-order valence-electron chi connectivity index (χ3n) is 0.243. The van der Waals surface area contributed by atoms with Gasteiger partial charge in [-0.15, -0.1) is 0 Å². The molecule has 8 heavy (non-hydrogen) atoms. The van der Waals surface area contributed by atoms with Crippen LogP contribution < -0.4 is 0 Å². The summed E-state index contributed by atoms with van der Waals surface area (Å²) in [5.41, 5.74) is 0. The van der Waals surface area contributed by atoms with E-state index in [1.165, 1.54) is 0 Å². The van der Waals surface area contributed by atoms with Crippen LogP contribution in [0.2, 0.25) is 0 Å². The van der Waals surface area contributed by atoms with Crippen LogP contribution in [-0.2, 0) is 4.79 Å². The van der Waals surface area contributed by atoms with Crippen molar-refractivity contribution in [1.29, 1.82) is 0 Å². The Morgan fingerprint density at radius 3 is 1.50 bits per heavy atom. The van der Waals surface area contributed by atoms with Gasteiger partial charge in [-0.05, 0) is 0 Å². The van der Waals surface area contributed by atoms with Crippen molar-refractivity contribution < 1.29 is 29.2 Å². The third-order valence-corrected chi connectivity index (χ3v) is 0.243. The van der Waals surface area contributed by atoms with Crippen molar-refractivity contribution in [3.8, 4) is 0 Å². The van der Waals surface area contributed by atoms with E-state index in [9.17, 15) is 13.2 Å². The number of carbonyl (C=O) groups is 1. The molecule has 0 aromatic carbocycles. The predicted molar refractivity (Wildman–Crippen MR) is 13.7 cm³/mol. The van der Waals surface area contributed by atoms with Gasteiger partial charge in [0.15, 0.2) is 0 Å². The maximum Gasteiger partial charge on any atom is 0.490 e. The molecule has 0 heterocycles. The fourth-order valence-electron chi connectivity index (χ4n) is 0. The number of hydrogen-bond acceptors (Lipinski definition) is 1. The number of rotatable bonds is 0. The fourth-order valence-corrected chi connectivity index (χ4v) is 0. The van der Waals surface area contributed by atoms with Gasteiger partial charge in [-0.3, -0.25) is 0 Å². The Morgan fingerprint density at radius 1 is 1.38 bits per heavy atom. The van der Waals surface area contributed by atoms with E-state index in [-0.39, 0.29) is 6.15 Å². The molecular weight excluding hydrogens is 117 g/mol. The molecule has 0 aliphatic heterocycles. The number of hydrogen-bond donors (Lipinski definition) is 1. The number of halogens is 3. The minimum atomic E-state index is -5.08. The summed E-state index contributed by atoms with van der Waals surface area (Å²) in [7, 11) is 0. The van der Waals surface area contributed by atoms with Gasteiger partial charge in [-0.25, -0.2) is 4.79 Å². The van der Waals surface area contributed by atoms with Gasteiger partial charge in [0.2, 0.25) is 0 Å². The van der Waals surface area contributed by atoms with E-state index >= 15 is 0 Å². The molecule has 2 nitrogen and oxygen atoms in total. The summed E-state index contributed by atoms with van der Waals surface area (Å²) in [6.45, 7) is 0. The Labute approximate surface area is 42.7 Å². The summed E-state index contributed by atoms with van der Waals surface area (Å²) < 4.78 is 31.7. The summed E-state index contributed by atoms with van der Waals surface area (Å²) in [6, 6.07) is 0. The summed E-state index contributed by atoms with van der Waals surface area (Å²) in [6.07, 6.45) is -5.08. The summed E-state index contributed by atoms with van der Waals surface area (Å²) in [5, 5.41) is 7.12. The molecule has 0 saturated heterocycles. The Morgan fingerprint density at radius 2 is 1.50 bits per heavy atom. The number of aliphatic carboxylic acids is 1. The van der Waals surface area contributed by atoms with Crippen LogP contribution in [0.3, 0.4) is 0 Å². The quantitative estimate of drug-likeness (QED) is 0.506. The fraction of sp³-hybridized carbons (Fsp3) is 0.500. The minimum Gasteiger partial charge on any atom is -0.475 e. The van der Waals surface area contributed by atoms with Gasteiger partial charge in [0, 0.05) is 6.15 Å². The molecule has 6 heteroatoms. The molecule has 0 bridgehead atoms. The second-order valence-electron chi connectivity index (χ2n) is 0.803. The molecule has 0 aromatic rings. The molecule has 0 spiro atoms. The summed E-state index contributed by atoms with van der Waals surface area (Å²) in [5.74, 6) is -2.76. The van der Waals surface area contributed by atoms with Crippen LogP contribution in [0, 0.1) is 6.15 Å². The van der Waals surface area contributed by atoms with Gasteiger partial charge in [0.25, 0.3) is 0 Å². The summed E-state index contributed by atoms with van der Waals surface area (Å²) >= 11 is 0. The zero-order chi connectivity index (χ0) is 6.08. The first kappa shape index (κ1) is 10.2. The van der Waals surface area contributed by atoms with Crippen LogP contribution in [0.15, 0.2) is 0 Å². The molecule has 0 aromatic heterocycles. The molecule has 0 rings (SSSR count). The SMILES string of the molecule is O=C(O)C(F)(F)F.[He]. The molecule has 0 aliphatic carbocycles. The van der Waals surface area contributed by atoms with Crippen LogP contribution in [-0.4, -0.2) is 17.3 Å². The number of carboxylic acids is 1. The second kappa shape index (κ2) is 2.47. The van der Waals surface area contributed by atoms with Crippen LogP contribution in [0.25, 0.3) is 0 Å². The second-order valence-corrected chi connectivity index (χ2v) is 0.803. The van der Waals surface area contributed by atoms with Crippen LogP contribution >= 0.6 is 0 Å². The minimum absolute atomic E-state index is 0. The maximum absolute atomic E-state index is 10.6. The van der Waals surface area contributed by atoms with Crippen molar-refractivity contribution in [3.63, 3.8) is 0 Å². The van der Waals surface area contributed by atoms with Gasteiger partial charge < -0.3 is 5.11 Å². The molecule has 0 saturated carbocycles. The van der Waals surface area contributed by atoms with Gasteiger partial charge in [0.05, 0.1) is 0 Å². The molecule has 0 unspecified atom stereocenters. The first-order chi connectivity index (χ1) is 2.94. The van der Waals surface area contributed by atoms with Crippen molar-refractivity contribution in [2.24, 2.45) is 0 Å². The van der Waals surface area contributed by atoms with E-state index in [2.05, 4.69) is 0 Å². The molecule has 0 atom stereocenters. The van der Waals surface area contributed by atoms with Crippen molar-refractivity contribution in [3.05, 3.63) is 0 Å². The molecule has 44 valence electrons. The van der Waals surface area contributed by atoms with E-state index in [1.807, 2.05) is 0 Å². The normalized spacial score (nSPS) is 9.88. The topological polar surface area (TPSA) is 37.3 Å². The van der Waals surface area contributed by atoms with Crippen LogP contribution in [0.4, 0.5) is 13.2 Å². The zero-order valence-corrected chi connectivity index (χ0v) is 3.70. The van der Waals surface area contributed by atoms with Gasteiger partial charge in [-0.2, -0.15) is 13.2 Å². The van der Waals surface area contributed by atoms with Crippen molar-refractivity contribution >= 4 is 5.97 Å². The first-order valence-corrected chi connectivity index (χ1v) is 1.24. The van der Waals surface area contributed by atoms with Crippen LogP contribution in [0.5, 0.6) is 0 Å². The molecule has 0 fully saturated rings. The van der Waals surface area contributed by atoms with E-state index in [0.29, 0.717) is 0 Å². The molecular formula is C2HF3HeO2. The largest absolute Gasteiger partial charge is 0.490 e. The monoisotopic (exact) mass is 118 g/mol.